The Balaban J connectivity index is 1.69. The van der Waals surface area contributed by atoms with E-state index in [0.29, 0.717) is 6.61 Å². The van der Waals surface area contributed by atoms with E-state index in [1.807, 2.05) is 6.92 Å². The van der Waals surface area contributed by atoms with Gasteiger partial charge in [-0.3, -0.25) is 0 Å². The zero-order valence-corrected chi connectivity index (χ0v) is 8.79. The molecule has 3 unspecified atom stereocenters. The number of ether oxygens (including phenoxy) is 1. The molecule has 0 aromatic heterocycles. The third-order valence-corrected chi connectivity index (χ3v) is 3.67. The summed E-state index contributed by atoms with van der Waals surface area (Å²) in [5.41, 5.74) is 0. The molecule has 2 aliphatic carbocycles. The Morgan fingerprint density at radius 3 is 2.86 bits per heavy atom. The van der Waals surface area contributed by atoms with E-state index < -0.39 is 0 Å². The van der Waals surface area contributed by atoms with Crippen molar-refractivity contribution >= 4 is 6.09 Å². The van der Waals surface area contributed by atoms with E-state index >= 15 is 0 Å². The zero-order chi connectivity index (χ0) is 9.97. The number of carbonyl (C=O) groups is 1. The molecule has 0 heterocycles. The normalized spacial score (nSPS) is 34.5. The van der Waals surface area contributed by atoms with Crippen molar-refractivity contribution in [3.8, 4) is 0 Å². The van der Waals surface area contributed by atoms with Gasteiger partial charge in [0, 0.05) is 6.54 Å². The van der Waals surface area contributed by atoms with Crippen molar-refractivity contribution in [1.82, 2.24) is 5.32 Å². The lowest BCUT2D eigenvalue weighted by Gasteiger charge is -2.21. The first kappa shape index (κ1) is 9.81. The molecule has 0 radical (unpaired) electrons. The van der Waals surface area contributed by atoms with Gasteiger partial charge in [0.15, 0.2) is 0 Å². The lowest BCUT2D eigenvalue weighted by molar-refractivity contribution is 0.148. The van der Waals surface area contributed by atoms with Crippen LogP contribution >= 0.6 is 0 Å². The molecule has 0 aromatic carbocycles. The second kappa shape index (κ2) is 4.20. The lowest BCUT2D eigenvalue weighted by Crippen LogP contribution is -2.31. The average molecular weight is 197 g/mol. The van der Waals surface area contributed by atoms with Crippen molar-refractivity contribution in [2.24, 2.45) is 17.8 Å². The fourth-order valence-electron chi connectivity index (χ4n) is 3.02. The van der Waals surface area contributed by atoms with Gasteiger partial charge < -0.3 is 10.1 Å². The smallest absolute Gasteiger partial charge is 0.407 e. The minimum Gasteiger partial charge on any atom is -0.450 e. The summed E-state index contributed by atoms with van der Waals surface area (Å²) in [7, 11) is 0. The Hall–Kier alpha value is -0.730. The summed E-state index contributed by atoms with van der Waals surface area (Å²) in [5.74, 6) is 2.55. The standard InChI is InChI=1S/C11H19NO2/c1-2-14-11(13)12-7-10-6-8-3-4-9(10)5-8/h8-10H,2-7H2,1H3,(H,12,13). The van der Waals surface area contributed by atoms with E-state index in [0.717, 1.165) is 24.3 Å². The van der Waals surface area contributed by atoms with Crippen LogP contribution in [0.2, 0.25) is 0 Å². The molecule has 1 amide bonds. The molecule has 2 fully saturated rings. The maximum Gasteiger partial charge on any atom is 0.407 e. The number of amides is 1. The van der Waals surface area contributed by atoms with Crippen LogP contribution in [-0.2, 0) is 4.74 Å². The molecule has 3 atom stereocenters. The zero-order valence-electron chi connectivity index (χ0n) is 8.79. The molecule has 2 aliphatic rings. The van der Waals surface area contributed by atoms with Crippen LogP contribution in [0.4, 0.5) is 4.79 Å². The van der Waals surface area contributed by atoms with Crippen molar-refractivity contribution < 1.29 is 9.53 Å². The first-order valence-electron chi connectivity index (χ1n) is 5.70. The van der Waals surface area contributed by atoms with Gasteiger partial charge in [0.05, 0.1) is 6.61 Å². The minimum absolute atomic E-state index is 0.254. The van der Waals surface area contributed by atoms with Gasteiger partial charge in [-0.05, 0) is 43.9 Å². The van der Waals surface area contributed by atoms with Crippen LogP contribution in [0.15, 0.2) is 0 Å². The van der Waals surface area contributed by atoms with Crippen LogP contribution in [0.3, 0.4) is 0 Å². The molecular formula is C11H19NO2. The Morgan fingerprint density at radius 1 is 1.43 bits per heavy atom. The maximum atomic E-state index is 11.1. The minimum atomic E-state index is -0.254. The quantitative estimate of drug-likeness (QED) is 0.753. The van der Waals surface area contributed by atoms with Crippen LogP contribution in [0, 0.1) is 17.8 Å². The molecule has 3 nitrogen and oxygen atoms in total. The topological polar surface area (TPSA) is 38.3 Å². The number of nitrogens with one attached hydrogen (secondary N) is 1. The summed E-state index contributed by atoms with van der Waals surface area (Å²) >= 11 is 0. The molecule has 3 heteroatoms. The molecule has 0 saturated heterocycles. The van der Waals surface area contributed by atoms with E-state index in [2.05, 4.69) is 5.32 Å². The third-order valence-electron chi connectivity index (χ3n) is 3.67. The Morgan fingerprint density at radius 2 is 2.29 bits per heavy atom. The molecule has 2 rings (SSSR count). The molecule has 2 saturated carbocycles. The summed E-state index contributed by atoms with van der Waals surface area (Å²) < 4.78 is 4.83. The molecule has 0 aromatic rings. The predicted molar refractivity (Wildman–Crippen MR) is 54.0 cm³/mol. The van der Waals surface area contributed by atoms with Gasteiger partial charge in [0.25, 0.3) is 0 Å². The Kier molecular flexibility index (Phi) is 2.94. The highest BCUT2D eigenvalue weighted by Crippen LogP contribution is 2.47. The lowest BCUT2D eigenvalue weighted by atomic mass is 9.89. The first-order valence-corrected chi connectivity index (χ1v) is 5.70. The molecule has 14 heavy (non-hydrogen) atoms. The van der Waals surface area contributed by atoms with E-state index in [4.69, 9.17) is 4.74 Å². The van der Waals surface area contributed by atoms with Crippen molar-refractivity contribution in [1.29, 1.82) is 0 Å². The van der Waals surface area contributed by atoms with Crippen LogP contribution in [-0.4, -0.2) is 19.2 Å². The molecule has 80 valence electrons. The summed E-state index contributed by atoms with van der Waals surface area (Å²) in [6, 6.07) is 0. The van der Waals surface area contributed by atoms with Gasteiger partial charge in [0.2, 0.25) is 0 Å². The van der Waals surface area contributed by atoms with E-state index in [-0.39, 0.29) is 6.09 Å². The number of carbonyl (C=O) groups excluding carboxylic acids is 1. The first-order chi connectivity index (χ1) is 6.79. The van der Waals surface area contributed by atoms with Gasteiger partial charge in [-0.25, -0.2) is 4.79 Å². The van der Waals surface area contributed by atoms with Gasteiger partial charge in [0.1, 0.15) is 0 Å². The van der Waals surface area contributed by atoms with Gasteiger partial charge in [-0.15, -0.1) is 0 Å². The van der Waals surface area contributed by atoms with Crippen molar-refractivity contribution in [2.45, 2.75) is 32.6 Å². The van der Waals surface area contributed by atoms with Crippen molar-refractivity contribution in [3.05, 3.63) is 0 Å². The Bertz CT molecular complexity index is 217. The summed E-state index contributed by atoms with van der Waals surface area (Å²) in [4.78, 5) is 11.1. The fraction of sp³-hybridized carbons (Fsp3) is 0.909. The fourth-order valence-corrected chi connectivity index (χ4v) is 3.02. The van der Waals surface area contributed by atoms with E-state index in [1.54, 1.807) is 0 Å². The number of hydrogen-bond acceptors (Lipinski definition) is 2. The number of fused-ring (bicyclic) bond motifs is 2. The highest BCUT2D eigenvalue weighted by molar-refractivity contribution is 5.67. The molecule has 2 bridgehead atoms. The molecular weight excluding hydrogens is 178 g/mol. The molecule has 1 N–H and O–H groups in total. The third kappa shape index (κ3) is 2.02. The predicted octanol–water partition coefficient (Wildman–Crippen LogP) is 2.17. The number of hydrogen-bond donors (Lipinski definition) is 1. The highest BCUT2D eigenvalue weighted by atomic mass is 16.5. The largest absolute Gasteiger partial charge is 0.450 e. The number of alkyl carbamates (subject to hydrolysis) is 1. The van der Waals surface area contributed by atoms with Crippen LogP contribution < -0.4 is 5.32 Å². The SMILES string of the molecule is CCOC(=O)NCC1CC2CCC1C2. The van der Waals surface area contributed by atoms with E-state index in [1.165, 1.54) is 25.7 Å². The Labute approximate surface area is 85.2 Å². The van der Waals surface area contributed by atoms with Gasteiger partial charge >= 0.3 is 6.09 Å². The highest BCUT2D eigenvalue weighted by Gasteiger charge is 2.39. The molecule has 0 aliphatic heterocycles. The van der Waals surface area contributed by atoms with Crippen LogP contribution in [0.5, 0.6) is 0 Å². The van der Waals surface area contributed by atoms with Crippen LogP contribution in [0.1, 0.15) is 32.6 Å². The monoisotopic (exact) mass is 197 g/mol. The average Bonchev–Trinajstić information content (AvgIpc) is 2.76. The van der Waals surface area contributed by atoms with Gasteiger partial charge in [-0.1, -0.05) is 6.42 Å². The van der Waals surface area contributed by atoms with Crippen LogP contribution in [0.25, 0.3) is 0 Å². The van der Waals surface area contributed by atoms with Crippen molar-refractivity contribution in [2.75, 3.05) is 13.2 Å². The van der Waals surface area contributed by atoms with E-state index in [9.17, 15) is 4.79 Å². The summed E-state index contributed by atoms with van der Waals surface area (Å²) in [6.45, 7) is 3.11. The second-order valence-corrected chi connectivity index (χ2v) is 4.54. The van der Waals surface area contributed by atoms with Gasteiger partial charge in [-0.2, -0.15) is 0 Å². The van der Waals surface area contributed by atoms with Crippen molar-refractivity contribution in [3.63, 3.8) is 0 Å². The second-order valence-electron chi connectivity index (χ2n) is 4.54. The summed E-state index contributed by atoms with van der Waals surface area (Å²) in [5, 5.41) is 2.85. The number of rotatable bonds is 3. The summed E-state index contributed by atoms with van der Waals surface area (Å²) in [6.07, 6.45) is 5.25. The maximum absolute atomic E-state index is 11.1. The molecule has 0 spiro atoms.